The Morgan fingerprint density at radius 2 is 1.55 bits per heavy atom. The normalized spacial score (nSPS) is 10.9. The van der Waals surface area contributed by atoms with Crippen LogP contribution in [0.25, 0.3) is 0 Å². The van der Waals surface area contributed by atoms with E-state index in [4.69, 9.17) is 5.11 Å². The van der Waals surface area contributed by atoms with Gasteiger partial charge < -0.3 is 10.4 Å². The van der Waals surface area contributed by atoms with Crippen LogP contribution in [0.4, 0.5) is 11.4 Å². The number of carbonyl (C=O) groups excluding carboxylic acids is 1. The molecule has 3 aromatic rings. The van der Waals surface area contributed by atoms with Crippen LogP contribution in [0.2, 0.25) is 0 Å². The summed E-state index contributed by atoms with van der Waals surface area (Å²) in [6.07, 6.45) is 0. The number of sulfonamides is 1. The van der Waals surface area contributed by atoms with Crippen LogP contribution in [0, 0.1) is 6.92 Å². The summed E-state index contributed by atoms with van der Waals surface area (Å²) < 4.78 is 28.2. The predicted octanol–water partition coefficient (Wildman–Crippen LogP) is 3.75. The number of carbonyl (C=O) groups is 2. The van der Waals surface area contributed by atoms with Gasteiger partial charge in [-0.3, -0.25) is 9.52 Å². The second kappa shape index (κ2) is 8.15. The van der Waals surface area contributed by atoms with E-state index in [1.807, 2.05) is 6.07 Å². The summed E-state index contributed by atoms with van der Waals surface area (Å²) in [6.45, 7) is 1.56. The Morgan fingerprint density at radius 3 is 2.24 bits per heavy atom. The van der Waals surface area contributed by atoms with Gasteiger partial charge in [-0.05, 0) is 48.9 Å². The molecule has 3 N–H and O–H groups in total. The Bertz CT molecular complexity index is 1170. The fourth-order valence-electron chi connectivity index (χ4n) is 2.71. The summed E-state index contributed by atoms with van der Waals surface area (Å²) in [6, 6.07) is 18.8. The molecule has 3 rings (SSSR count). The zero-order valence-electron chi connectivity index (χ0n) is 15.4. The zero-order chi connectivity index (χ0) is 21.0. The molecule has 0 bridgehead atoms. The Hall–Kier alpha value is -3.65. The van der Waals surface area contributed by atoms with Crippen molar-refractivity contribution in [2.45, 2.75) is 11.8 Å². The fourth-order valence-corrected chi connectivity index (χ4v) is 4.06. The van der Waals surface area contributed by atoms with E-state index in [2.05, 4.69) is 10.0 Å². The van der Waals surface area contributed by atoms with E-state index < -0.39 is 21.9 Å². The smallest absolute Gasteiger partial charge is 0.335 e. The number of carboxylic acids is 1. The van der Waals surface area contributed by atoms with E-state index in [0.29, 0.717) is 11.3 Å². The highest BCUT2D eigenvalue weighted by Gasteiger charge is 2.22. The molecule has 0 radical (unpaired) electrons. The lowest BCUT2D eigenvalue weighted by atomic mass is 10.1. The predicted molar refractivity (Wildman–Crippen MR) is 110 cm³/mol. The van der Waals surface area contributed by atoms with Gasteiger partial charge in [0.1, 0.15) is 0 Å². The minimum atomic E-state index is -4.12. The maximum absolute atomic E-state index is 12.9. The second-order valence-electron chi connectivity index (χ2n) is 6.26. The van der Waals surface area contributed by atoms with Crippen LogP contribution in [0.3, 0.4) is 0 Å². The zero-order valence-corrected chi connectivity index (χ0v) is 16.2. The first-order valence-corrected chi connectivity index (χ1v) is 10.1. The Balaban J connectivity index is 1.94. The van der Waals surface area contributed by atoms with Crippen LogP contribution in [-0.2, 0) is 10.0 Å². The molecule has 0 saturated heterocycles. The van der Waals surface area contributed by atoms with Crippen LogP contribution in [0.1, 0.15) is 26.3 Å². The molecule has 0 aliphatic carbocycles. The van der Waals surface area contributed by atoms with E-state index >= 15 is 0 Å². The number of carboxylic acid groups (broad SMARTS) is 1. The lowest BCUT2D eigenvalue weighted by molar-refractivity contribution is 0.0696. The molecule has 3 aromatic carbocycles. The summed E-state index contributed by atoms with van der Waals surface area (Å²) in [5, 5.41) is 11.9. The standard InChI is InChI=1S/C21H18N2O5S/c1-14-11-12-15(21(25)26)13-19(14)29(27,28)23-18-10-6-5-9-17(18)20(24)22-16-7-3-2-4-8-16/h2-13,23H,1H3,(H,22,24)(H,25,26). The van der Waals surface area contributed by atoms with Gasteiger partial charge in [-0.1, -0.05) is 36.4 Å². The van der Waals surface area contributed by atoms with Gasteiger partial charge >= 0.3 is 5.97 Å². The van der Waals surface area contributed by atoms with Crippen LogP contribution >= 0.6 is 0 Å². The van der Waals surface area contributed by atoms with Crippen molar-refractivity contribution in [3.63, 3.8) is 0 Å². The molecule has 29 heavy (non-hydrogen) atoms. The average molecular weight is 410 g/mol. The van der Waals surface area contributed by atoms with Gasteiger partial charge in [-0.2, -0.15) is 0 Å². The second-order valence-corrected chi connectivity index (χ2v) is 7.91. The molecule has 148 valence electrons. The molecule has 0 fully saturated rings. The number of aryl methyl sites for hydroxylation is 1. The first-order valence-electron chi connectivity index (χ1n) is 8.60. The van der Waals surface area contributed by atoms with Gasteiger partial charge in [0.05, 0.1) is 21.7 Å². The molecular formula is C21H18N2O5S. The number of aromatic carboxylic acids is 1. The van der Waals surface area contributed by atoms with Crippen molar-refractivity contribution in [1.29, 1.82) is 0 Å². The average Bonchev–Trinajstić information content (AvgIpc) is 2.68. The highest BCUT2D eigenvalue weighted by Crippen LogP contribution is 2.24. The van der Waals surface area contributed by atoms with E-state index in [1.165, 1.54) is 24.3 Å². The number of hydrogen-bond acceptors (Lipinski definition) is 4. The lowest BCUT2D eigenvalue weighted by Crippen LogP contribution is -2.19. The number of rotatable bonds is 6. The number of hydrogen-bond donors (Lipinski definition) is 3. The summed E-state index contributed by atoms with van der Waals surface area (Å²) in [5.74, 6) is -1.71. The van der Waals surface area contributed by atoms with Crippen LogP contribution in [0.5, 0.6) is 0 Å². The monoisotopic (exact) mass is 410 g/mol. The molecule has 0 saturated carbocycles. The van der Waals surface area contributed by atoms with Crippen LogP contribution in [0.15, 0.2) is 77.7 Å². The van der Waals surface area contributed by atoms with Gasteiger partial charge in [0.15, 0.2) is 0 Å². The van der Waals surface area contributed by atoms with E-state index in [9.17, 15) is 18.0 Å². The van der Waals surface area contributed by atoms with Crippen molar-refractivity contribution in [1.82, 2.24) is 0 Å². The summed E-state index contributed by atoms with van der Waals surface area (Å²) >= 11 is 0. The maximum atomic E-state index is 12.9. The first-order chi connectivity index (χ1) is 13.8. The summed E-state index contributed by atoms with van der Waals surface area (Å²) in [5.41, 5.74) is 1.02. The molecule has 0 aliphatic heterocycles. The minimum absolute atomic E-state index is 0.0843. The van der Waals surface area contributed by atoms with Gasteiger partial charge in [-0.25, -0.2) is 13.2 Å². The molecular weight excluding hydrogens is 392 g/mol. The molecule has 1 amide bonds. The maximum Gasteiger partial charge on any atom is 0.335 e. The highest BCUT2D eigenvalue weighted by molar-refractivity contribution is 7.92. The third-order valence-corrected chi connectivity index (χ3v) is 5.68. The first kappa shape index (κ1) is 20.1. The minimum Gasteiger partial charge on any atom is -0.478 e. The third kappa shape index (κ3) is 4.61. The van der Waals surface area contributed by atoms with Crippen molar-refractivity contribution in [2.24, 2.45) is 0 Å². The number of benzene rings is 3. The number of anilines is 2. The molecule has 0 unspecified atom stereocenters. The van der Waals surface area contributed by atoms with Gasteiger partial charge in [0.2, 0.25) is 0 Å². The van der Waals surface area contributed by atoms with Crippen LogP contribution in [-0.4, -0.2) is 25.4 Å². The van der Waals surface area contributed by atoms with Crippen molar-refractivity contribution in [2.75, 3.05) is 10.0 Å². The number of nitrogens with one attached hydrogen (secondary N) is 2. The highest BCUT2D eigenvalue weighted by atomic mass is 32.2. The van der Waals surface area contributed by atoms with Crippen LogP contribution < -0.4 is 10.0 Å². The van der Waals surface area contributed by atoms with Crippen molar-refractivity contribution in [3.8, 4) is 0 Å². The molecule has 0 aliphatic rings. The SMILES string of the molecule is Cc1ccc(C(=O)O)cc1S(=O)(=O)Nc1ccccc1C(=O)Nc1ccccc1. The summed E-state index contributed by atoms with van der Waals surface area (Å²) in [4.78, 5) is 23.7. The Labute approximate surface area is 168 Å². The molecule has 0 atom stereocenters. The topological polar surface area (TPSA) is 113 Å². The van der Waals surface area contributed by atoms with Gasteiger partial charge in [-0.15, -0.1) is 0 Å². The van der Waals surface area contributed by atoms with E-state index in [-0.39, 0.29) is 21.7 Å². The number of amides is 1. The van der Waals surface area contributed by atoms with Crippen molar-refractivity contribution in [3.05, 3.63) is 89.5 Å². The third-order valence-electron chi connectivity index (χ3n) is 4.17. The van der Waals surface area contributed by atoms with Gasteiger partial charge in [0, 0.05) is 5.69 Å². The van der Waals surface area contributed by atoms with Gasteiger partial charge in [0.25, 0.3) is 15.9 Å². The fraction of sp³-hybridized carbons (Fsp3) is 0.0476. The van der Waals surface area contributed by atoms with Crippen molar-refractivity contribution < 1.29 is 23.1 Å². The quantitative estimate of drug-likeness (QED) is 0.573. The van der Waals surface area contributed by atoms with E-state index in [1.54, 1.807) is 43.3 Å². The molecule has 7 nitrogen and oxygen atoms in total. The van der Waals surface area contributed by atoms with E-state index in [0.717, 1.165) is 6.07 Å². The van der Waals surface area contributed by atoms with Crippen molar-refractivity contribution >= 4 is 33.3 Å². The Kier molecular flexibility index (Phi) is 5.65. The molecule has 8 heteroatoms. The Morgan fingerprint density at radius 1 is 0.897 bits per heavy atom. The number of para-hydroxylation sites is 2. The molecule has 0 heterocycles. The largest absolute Gasteiger partial charge is 0.478 e. The molecule has 0 spiro atoms. The lowest BCUT2D eigenvalue weighted by Gasteiger charge is -2.14. The summed E-state index contributed by atoms with van der Waals surface area (Å²) in [7, 11) is -4.12. The molecule has 0 aromatic heterocycles.